The highest BCUT2D eigenvalue weighted by molar-refractivity contribution is 5.92. The van der Waals surface area contributed by atoms with Gasteiger partial charge in [0.2, 0.25) is 0 Å². The minimum atomic E-state index is -0.226. The number of aryl methyl sites for hydroxylation is 1. The van der Waals surface area contributed by atoms with Crippen molar-refractivity contribution in [1.29, 1.82) is 0 Å². The summed E-state index contributed by atoms with van der Waals surface area (Å²) < 4.78 is 6.88. The Morgan fingerprint density at radius 3 is 2.94 bits per heavy atom. The molecule has 2 N–H and O–H groups in total. The summed E-state index contributed by atoms with van der Waals surface area (Å²) in [7, 11) is 0. The molecule has 0 aliphatic rings. The largest absolute Gasteiger partial charge is 0.465 e. The van der Waals surface area contributed by atoms with Crippen molar-refractivity contribution in [3.63, 3.8) is 0 Å². The monoisotopic (exact) mass is 232 g/mol. The molecular weight excluding hydrogens is 216 g/mol. The Bertz CT molecular complexity index is 558. The molecular formula is C13H16N2O2. The van der Waals surface area contributed by atoms with Crippen LogP contribution in [0, 0.1) is 6.92 Å². The van der Waals surface area contributed by atoms with E-state index in [-0.39, 0.29) is 12.5 Å². The molecule has 17 heavy (non-hydrogen) atoms. The van der Waals surface area contributed by atoms with Gasteiger partial charge in [0.25, 0.3) is 0 Å². The van der Waals surface area contributed by atoms with Gasteiger partial charge in [0.15, 0.2) is 0 Å². The van der Waals surface area contributed by atoms with E-state index in [1.165, 1.54) is 0 Å². The van der Waals surface area contributed by atoms with Gasteiger partial charge in [-0.3, -0.25) is 4.79 Å². The van der Waals surface area contributed by atoms with Crippen molar-refractivity contribution < 1.29 is 9.53 Å². The average Bonchev–Trinajstić information content (AvgIpc) is 2.58. The zero-order valence-corrected chi connectivity index (χ0v) is 10.1. The number of nitrogen functional groups attached to an aromatic ring is 1. The Balaban J connectivity index is 2.43. The molecule has 0 fully saturated rings. The number of rotatable bonds is 3. The molecule has 0 amide bonds. The third-order valence-electron chi connectivity index (χ3n) is 2.78. The summed E-state index contributed by atoms with van der Waals surface area (Å²) >= 11 is 0. The summed E-state index contributed by atoms with van der Waals surface area (Å²) in [6.07, 6.45) is 0. The normalized spacial score (nSPS) is 10.7. The maximum atomic E-state index is 11.5. The molecule has 0 aliphatic carbocycles. The topological polar surface area (TPSA) is 57.2 Å². The molecule has 0 radical (unpaired) electrons. The number of aromatic nitrogens is 1. The highest BCUT2D eigenvalue weighted by Gasteiger charge is 2.11. The van der Waals surface area contributed by atoms with Gasteiger partial charge in [0.1, 0.15) is 6.54 Å². The van der Waals surface area contributed by atoms with Crippen LogP contribution in [0.1, 0.15) is 12.6 Å². The summed E-state index contributed by atoms with van der Waals surface area (Å²) in [6, 6.07) is 7.69. The van der Waals surface area contributed by atoms with Gasteiger partial charge >= 0.3 is 5.97 Å². The number of nitrogens with zero attached hydrogens (tertiary/aromatic N) is 1. The fourth-order valence-corrected chi connectivity index (χ4v) is 1.99. The molecule has 0 spiro atoms. The van der Waals surface area contributed by atoms with Crippen molar-refractivity contribution in [1.82, 2.24) is 4.57 Å². The number of nitrogens with two attached hydrogens (primary N) is 1. The lowest BCUT2D eigenvalue weighted by Gasteiger charge is -2.07. The van der Waals surface area contributed by atoms with E-state index in [4.69, 9.17) is 10.5 Å². The molecule has 0 unspecified atom stereocenters. The highest BCUT2D eigenvalue weighted by atomic mass is 16.5. The number of carbonyl (C=O) groups excluding carboxylic acids is 1. The SMILES string of the molecule is CCOC(=O)Cn1c(C)cc2c(N)cccc21. The number of ether oxygens (including phenoxy) is 1. The van der Waals surface area contributed by atoms with Gasteiger partial charge in [-0.1, -0.05) is 6.07 Å². The molecule has 0 aliphatic heterocycles. The molecule has 0 saturated carbocycles. The Kier molecular flexibility index (Phi) is 3.04. The van der Waals surface area contributed by atoms with Crippen molar-refractivity contribution in [2.24, 2.45) is 0 Å². The van der Waals surface area contributed by atoms with Gasteiger partial charge in [0, 0.05) is 16.8 Å². The number of hydrogen-bond donors (Lipinski definition) is 1. The third kappa shape index (κ3) is 2.11. The quantitative estimate of drug-likeness (QED) is 0.651. The maximum Gasteiger partial charge on any atom is 0.325 e. The third-order valence-corrected chi connectivity index (χ3v) is 2.78. The number of benzene rings is 1. The average molecular weight is 232 g/mol. The number of fused-ring (bicyclic) bond motifs is 1. The number of anilines is 1. The van der Waals surface area contributed by atoms with Crippen molar-refractivity contribution in [3.05, 3.63) is 30.0 Å². The van der Waals surface area contributed by atoms with E-state index in [1.807, 2.05) is 35.8 Å². The summed E-state index contributed by atoms with van der Waals surface area (Å²) in [5.74, 6) is -0.226. The van der Waals surface area contributed by atoms with Gasteiger partial charge < -0.3 is 15.0 Å². The smallest absolute Gasteiger partial charge is 0.325 e. The fourth-order valence-electron chi connectivity index (χ4n) is 1.99. The molecule has 1 aromatic carbocycles. The first-order chi connectivity index (χ1) is 8.13. The second-order valence-electron chi connectivity index (χ2n) is 3.96. The second kappa shape index (κ2) is 4.49. The van der Waals surface area contributed by atoms with Crippen molar-refractivity contribution in [2.75, 3.05) is 12.3 Å². The van der Waals surface area contributed by atoms with Gasteiger partial charge in [-0.15, -0.1) is 0 Å². The standard InChI is InChI=1S/C13H16N2O2/c1-3-17-13(16)8-15-9(2)7-10-11(14)5-4-6-12(10)15/h4-7H,3,8,14H2,1-2H3. The molecule has 2 aromatic rings. The van der Waals surface area contributed by atoms with Crippen LogP contribution in [-0.4, -0.2) is 17.1 Å². The first-order valence-electron chi connectivity index (χ1n) is 5.63. The Morgan fingerprint density at radius 2 is 2.24 bits per heavy atom. The summed E-state index contributed by atoms with van der Waals surface area (Å²) in [4.78, 5) is 11.5. The molecule has 0 atom stereocenters. The van der Waals surface area contributed by atoms with E-state index in [9.17, 15) is 4.79 Å². The molecule has 4 heteroatoms. The molecule has 90 valence electrons. The predicted molar refractivity (Wildman–Crippen MR) is 67.7 cm³/mol. The van der Waals surface area contributed by atoms with Crippen LogP contribution >= 0.6 is 0 Å². The number of carbonyl (C=O) groups is 1. The lowest BCUT2D eigenvalue weighted by atomic mass is 10.2. The van der Waals surface area contributed by atoms with E-state index in [1.54, 1.807) is 6.92 Å². The zero-order chi connectivity index (χ0) is 12.4. The lowest BCUT2D eigenvalue weighted by Crippen LogP contribution is -2.14. The van der Waals surface area contributed by atoms with E-state index < -0.39 is 0 Å². The molecule has 2 rings (SSSR count). The Morgan fingerprint density at radius 1 is 1.47 bits per heavy atom. The van der Waals surface area contributed by atoms with E-state index >= 15 is 0 Å². The predicted octanol–water partition coefficient (Wildman–Crippen LogP) is 2.10. The van der Waals surface area contributed by atoms with Gasteiger partial charge in [-0.05, 0) is 32.0 Å². The van der Waals surface area contributed by atoms with Crippen LogP contribution in [0.3, 0.4) is 0 Å². The van der Waals surface area contributed by atoms with Crippen LogP contribution in [0.25, 0.3) is 10.9 Å². The van der Waals surface area contributed by atoms with Crippen molar-refractivity contribution in [2.45, 2.75) is 20.4 Å². The van der Waals surface area contributed by atoms with Crippen LogP contribution in [0.5, 0.6) is 0 Å². The first kappa shape index (κ1) is 11.5. The Labute approximate surface area is 100.0 Å². The highest BCUT2D eigenvalue weighted by Crippen LogP contribution is 2.24. The van der Waals surface area contributed by atoms with Crippen molar-refractivity contribution >= 4 is 22.6 Å². The van der Waals surface area contributed by atoms with Crippen LogP contribution in [0.4, 0.5) is 5.69 Å². The zero-order valence-electron chi connectivity index (χ0n) is 10.1. The number of esters is 1. The van der Waals surface area contributed by atoms with Crippen LogP contribution < -0.4 is 5.73 Å². The Hall–Kier alpha value is -1.97. The van der Waals surface area contributed by atoms with E-state index in [2.05, 4.69) is 0 Å². The molecule has 0 bridgehead atoms. The van der Waals surface area contributed by atoms with Gasteiger partial charge in [-0.2, -0.15) is 0 Å². The summed E-state index contributed by atoms with van der Waals surface area (Å²) in [6.45, 7) is 4.39. The maximum absolute atomic E-state index is 11.5. The molecule has 1 aromatic heterocycles. The van der Waals surface area contributed by atoms with Gasteiger partial charge in [-0.25, -0.2) is 0 Å². The summed E-state index contributed by atoms with van der Waals surface area (Å²) in [5, 5.41) is 0.981. The second-order valence-corrected chi connectivity index (χ2v) is 3.96. The van der Waals surface area contributed by atoms with Crippen LogP contribution in [0.15, 0.2) is 24.3 Å². The van der Waals surface area contributed by atoms with Crippen molar-refractivity contribution in [3.8, 4) is 0 Å². The van der Waals surface area contributed by atoms with Gasteiger partial charge in [0.05, 0.1) is 12.1 Å². The molecule has 4 nitrogen and oxygen atoms in total. The van der Waals surface area contributed by atoms with Crippen LogP contribution in [0.2, 0.25) is 0 Å². The number of hydrogen-bond acceptors (Lipinski definition) is 3. The fraction of sp³-hybridized carbons (Fsp3) is 0.308. The minimum absolute atomic E-state index is 0.226. The molecule has 0 saturated heterocycles. The van der Waals surface area contributed by atoms with E-state index in [0.29, 0.717) is 6.61 Å². The van der Waals surface area contributed by atoms with E-state index in [0.717, 1.165) is 22.3 Å². The first-order valence-corrected chi connectivity index (χ1v) is 5.63. The minimum Gasteiger partial charge on any atom is -0.465 e. The molecule has 1 heterocycles. The summed E-state index contributed by atoms with van der Waals surface area (Å²) in [5.41, 5.74) is 8.60. The lowest BCUT2D eigenvalue weighted by molar-refractivity contribution is -0.143. The van der Waals surface area contributed by atoms with Crippen LogP contribution in [-0.2, 0) is 16.1 Å².